The Kier molecular flexibility index (Phi) is 4.92. The lowest BCUT2D eigenvalue weighted by molar-refractivity contribution is -0.0498. The van der Waals surface area contributed by atoms with Gasteiger partial charge in [0.1, 0.15) is 11.3 Å². The van der Waals surface area contributed by atoms with Gasteiger partial charge in [-0.05, 0) is 74.4 Å². The van der Waals surface area contributed by atoms with Crippen LogP contribution in [0.1, 0.15) is 61.9 Å². The molecule has 2 aromatic heterocycles. The lowest BCUT2D eigenvalue weighted by Gasteiger charge is -2.16. The molecule has 1 aromatic carbocycles. The van der Waals surface area contributed by atoms with Crippen molar-refractivity contribution in [3.8, 4) is 17.1 Å². The molecule has 1 unspecified atom stereocenters. The van der Waals surface area contributed by atoms with Crippen LogP contribution >= 0.6 is 0 Å². The highest BCUT2D eigenvalue weighted by Gasteiger charge is 2.31. The molecule has 1 atom stereocenters. The molecule has 154 valence electrons. The van der Waals surface area contributed by atoms with E-state index in [0.29, 0.717) is 11.3 Å². The maximum absolute atomic E-state index is 13.6. The Labute approximate surface area is 167 Å². The average Bonchev–Trinajstić information content (AvgIpc) is 3.44. The van der Waals surface area contributed by atoms with E-state index in [0.717, 1.165) is 41.6 Å². The normalized spacial score (nSPS) is 15.3. The molecule has 1 aliphatic carbocycles. The van der Waals surface area contributed by atoms with E-state index < -0.39 is 6.61 Å². The smallest absolute Gasteiger partial charge is 0.387 e. The summed E-state index contributed by atoms with van der Waals surface area (Å²) in [6.07, 6.45) is 2.82. The molecule has 0 saturated heterocycles. The van der Waals surface area contributed by atoms with Crippen molar-refractivity contribution in [2.24, 2.45) is 0 Å². The number of hydrogen-bond donors (Lipinski definition) is 0. The second-order valence-electron chi connectivity index (χ2n) is 7.90. The highest BCUT2D eigenvalue weighted by Crippen LogP contribution is 2.38. The van der Waals surface area contributed by atoms with Gasteiger partial charge < -0.3 is 4.74 Å². The first kappa shape index (κ1) is 19.6. The maximum atomic E-state index is 13.6. The Balaban J connectivity index is 1.95. The summed E-state index contributed by atoms with van der Waals surface area (Å²) in [5.74, 6) is 0.929. The van der Waals surface area contributed by atoms with Crippen molar-refractivity contribution in [1.29, 1.82) is 0 Å². The second-order valence-corrected chi connectivity index (χ2v) is 7.90. The molecule has 0 radical (unpaired) electrons. The lowest BCUT2D eigenvalue weighted by Crippen LogP contribution is -2.26. The Morgan fingerprint density at radius 1 is 1.24 bits per heavy atom. The van der Waals surface area contributed by atoms with E-state index >= 15 is 0 Å². The Morgan fingerprint density at radius 2 is 1.97 bits per heavy atom. The van der Waals surface area contributed by atoms with Crippen LogP contribution < -0.4 is 10.3 Å². The van der Waals surface area contributed by atoms with Crippen LogP contribution in [0.2, 0.25) is 0 Å². The van der Waals surface area contributed by atoms with E-state index in [2.05, 4.69) is 18.6 Å². The number of halogens is 2. The molecule has 0 amide bonds. The van der Waals surface area contributed by atoms with Crippen LogP contribution in [0.5, 0.6) is 5.75 Å². The van der Waals surface area contributed by atoms with E-state index in [4.69, 9.17) is 5.10 Å². The summed E-state index contributed by atoms with van der Waals surface area (Å²) in [6, 6.07) is 6.93. The first-order chi connectivity index (χ1) is 13.8. The monoisotopic (exact) mass is 401 g/mol. The van der Waals surface area contributed by atoms with E-state index in [1.807, 2.05) is 19.9 Å². The van der Waals surface area contributed by atoms with Gasteiger partial charge in [0, 0.05) is 17.3 Å². The van der Waals surface area contributed by atoms with Crippen molar-refractivity contribution in [1.82, 2.24) is 14.2 Å². The zero-order valence-corrected chi connectivity index (χ0v) is 17.1. The largest absolute Gasteiger partial charge is 0.435 e. The van der Waals surface area contributed by atoms with Gasteiger partial charge in [-0.15, -0.1) is 5.10 Å². The summed E-state index contributed by atoms with van der Waals surface area (Å²) < 4.78 is 33.1. The third kappa shape index (κ3) is 3.43. The number of nitrogens with zero attached hydrogens (tertiary/aromatic N) is 3. The van der Waals surface area contributed by atoms with Crippen molar-refractivity contribution in [3.05, 3.63) is 51.4 Å². The summed E-state index contributed by atoms with van der Waals surface area (Å²) in [6.45, 7) is 5.12. The minimum atomic E-state index is -2.87. The molecule has 0 aliphatic heterocycles. The Morgan fingerprint density at radius 3 is 2.55 bits per heavy atom. The number of benzene rings is 1. The van der Waals surface area contributed by atoms with Crippen molar-refractivity contribution in [2.75, 3.05) is 0 Å². The predicted octanol–water partition coefficient (Wildman–Crippen LogP) is 5.23. The van der Waals surface area contributed by atoms with Gasteiger partial charge in [-0.3, -0.25) is 9.36 Å². The zero-order chi connectivity index (χ0) is 20.9. The summed E-state index contributed by atoms with van der Waals surface area (Å²) in [7, 11) is 0. The SMILES string of the molecule is CCC(C)c1cc(C)n2nc(-c3ccc(OC(F)F)cc3C)n(C3CC3)c(=O)c12. The molecule has 2 heterocycles. The van der Waals surface area contributed by atoms with Gasteiger partial charge in [0.15, 0.2) is 5.82 Å². The topological polar surface area (TPSA) is 48.5 Å². The zero-order valence-electron chi connectivity index (χ0n) is 17.1. The highest BCUT2D eigenvalue weighted by molar-refractivity contribution is 5.65. The summed E-state index contributed by atoms with van der Waals surface area (Å²) in [5.41, 5.74) is 4.02. The molecule has 4 rings (SSSR count). The van der Waals surface area contributed by atoms with E-state index in [1.54, 1.807) is 21.2 Å². The van der Waals surface area contributed by atoms with Crippen LogP contribution in [-0.2, 0) is 0 Å². The maximum Gasteiger partial charge on any atom is 0.387 e. The fraction of sp³-hybridized carbons (Fsp3) is 0.455. The standard InChI is InChI=1S/C22H25F2N3O2/c1-5-12(2)18-11-14(4)27-19(18)21(28)26(15-6-7-15)20(25-27)17-9-8-16(10-13(17)3)29-22(23)24/h8-12,15,22H,5-7H2,1-4H3. The van der Waals surface area contributed by atoms with Gasteiger partial charge in [0.05, 0.1) is 0 Å². The Bertz CT molecular complexity index is 1130. The number of rotatable bonds is 6. The predicted molar refractivity (Wildman–Crippen MR) is 108 cm³/mol. The number of alkyl halides is 2. The van der Waals surface area contributed by atoms with Crippen molar-refractivity contribution >= 4 is 5.52 Å². The van der Waals surface area contributed by atoms with Crippen LogP contribution in [0.25, 0.3) is 16.9 Å². The third-order valence-electron chi connectivity index (χ3n) is 5.75. The molecule has 0 N–H and O–H groups in total. The first-order valence-corrected chi connectivity index (χ1v) is 10.0. The number of fused-ring (bicyclic) bond motifs is 1. The molecule has 29 heavy (non-hydrogen) atoms. The van der Waals surface area contributed by atoms with Gasteiger partial charge >= 0.3 is 6.61 Å². The minimum absolute atomic E-state index is 0.0341. The molecule has 1 fully saturated rings. The average molecular weight is 401 g/mol. The van der Waals surface area contributed by atoms with Crippen LogP contribution in [-0.4, -0.2) is 20.8 Å². The molecular formula is C22H25F2N3O2. The molecule has 5 nitrogen and oxygen atoms in total. The number of aromatic nitrogens is 3. The minimum Gasteiger partial charge on any atom is -0.435 e. The first-order valence-electron chi connectivity index (χ1n) is 10.0. The summed E-state index contributed by atoms with van der Waals surface area (Å²) >= 11 is 0. The summed E-state index contributed by atoms with van der Waals surface area (Å²) in [5, 5.41) is 4.85. The van der Waals surface area contributed by atoms with Crippen LogP contribution in [0.4, 0.5) is 8.78 Å². The molecule has 1 saturated carbocycles. The Hall–Kier alpha value is -2.70. The van der Waals surface area contributed by atoms with Gasteiger partial charge in [-0.2, -0.15) is 8.78 Å². The van der Waals surface area contributed by atoms with Crippen LogP contribution in [0.3, 0.4) is 0 Å². The number of aryl methyl sites for hydroxylation is 2. The van der Waals surface area contributed by atoms with E-state index in [9.17, 15) is 13.6 Å². The van der Waals surface area contributed by atoms with E-state index in [1.165, 1.54) is 6.07 Å². The number of hydrogen-bond acceptors (Lipinski definition) is 3. The van der Waals surface area contributed by atoms with Crippen molar-refractivity contribution in [2.45, 2.75) is 65.5 Å². The van der Waals surface area contributed by atoms with Crippen LogP contribution in [0, 0.1) is 13.8 Å². The van der Waals surface area contributed by atoms with Gasteiger partial charge in [-0.1, -0.05) is 13.8 Å². The lowest BCUT2D eigenvalue weighted by atomic mass is 10.00. The van der Waals surface area contributed by atoms with Gasteiger partial charge in [-0.25, -0.2) is 4.52 Å². The fourth-order valence-electron chi connectivity index (χ4n) is 3.86. The van der Waals surface area contributed by atoms with E-state index in [-0.39, 0.29) is 23.3 Å². The molecular weight excluding hydrogens is 376 g/mol. The van der Waals surface area contributed by atoms with Gasteiger partial charge in [0.25, 0.3) is 5.56 Å². The molecule has 7 heteroatoms. The molecule has 0 bridgehead atoms. The second kappa shape index (κ2) is 7.28. The molecule has 0 spiro atoms. The van der Waals surface area contributed by atoms with Crippen LogP contribution in [0.15, 0.2) is 29.1 Å². The molecule has 1 aliphatic rings. The fourth-order valence-corrected chi connectivity index (χ4v) is 3.86. The van der Waals surface area contributed by atoms with Crippen molar-refractivity contribution < 1.29 is 13.5 Å². The highest BCUT2D eigenvalue weighted by atomic mass is 19.3. The summed E-state index contributed by atoms with van der Waals surface area (Å²) in [4.78, 5) is 13.6. The quantitative estimate of drug-likeness (QED) is 0.568. The molecule has 3 aromatic rings. The van der Waals surface area contributed by atoms with Crippen molar-refractivity contribution in [3.63, 3.8) is 0 Å². The van der Waals surface area contributed by atoms with Gasteiger partial charge in [0.2, 0.25) is 0 Å². The number of ether oxygens (including phenoxy) is 1. The third-order valence-corrected chi connectivity index (χ3v) is 5.75.